The van der Waals surface area contributed by atoms with Crippen molar-refractivity contribution in [3.05, 3.63) is 48.2 Å². The highest BCUT2D eigenvalue weighted by molar-refractivity contribution is 5.66. The van der Waals surface area contributed by atoms with Crippen LogP contribution in [0.4, 0.5) is 0 Å². The van der Waals surface area contributed by atoms with Crippen LogP contribution in [0.15, 0.2) is 36.2 Å². The molecule has 4 nitrogen and oxygen atoms in total. The quantitative estimate of drug-likeness (QED) is 0.662. The minimum Gasteiger partial charge on any atom is -0.457 e. The van der Waals surface area contributed by atoms with Crippen LogP contribution in [0.5, 0.6) is 0 Å². The number of esters is 1. The predicted octanol–water partition coefficient (Wildman–Crippen LogP) is 3.63. The number of nitrogens with zero attached hydrogens (tertiary/aromatic N) is 1. The molecular weight excluding hydrogens is 326 g/mol. The van der Waals surface area contributed by atoms with E-state index < -0.39 is 11.7 Å². The topological polar surface area (TPSA) is 59.4 Å². The van der Waals surface area contributed by atoms with Crippen molar-refractivity contribution in [1.29, 1.82) is 0 Å². The van der Waals surface area contributed by atoms with E-state index in [4.69, 9.17) is 4.74 Å². The zero-order valence-corrected chi connectivity index (χ0v) is 16.1. The molecule has 140 valence electrons. The van der Waals surface area contributed by atoms with Gasteiger partial charge in [0.25, 0.3) is 0 Å². The Morgan fingerprint density at radius 2 is 2.27 bits per heavy atom. The van der Waals surface area contributed by atoms with Crippen molar-refractivity contribution in [2.75, 3.05) is 0 Å². The lowest BCUT2D eigenvalue weighted by Gasteiger charge is -2.52. The van der Waals surface area contributed by atoms with Gasteiger partial charge in [-0.1, -0.05) is 26.0 Å². The van der Waals surface area contributed by atoms with Crippen molar-refractivity contribution in [1.82, 2.24) is 4.98 Å². The van der Waals surface area contributed by atoms with E-state index in [0.717, 1.165) is 24.8 Å². The van der Waals surface area contributed by atoms with Gasteiger partial charge in [0, 0.05) is 25.2 Å². The van der Waals surface area contributed by atoms with Gasteiger partial charge >= 0.3 is 5.97 Å². The maximum atomic E-state index is 11.5. The third-order valence-electron chi connectivity index (χ3n) is 6.17. The first-order chi connectivity index (χ1) is 12.3. The summed E-state index contributed by atoms with van der Waals surface area (Å²) in [5.74, 6) is 0.528. The maximum absolute atomic E-state index is 11.5. The molecule has 1 aromatic rings. The molecule has 0 aromatic carbocycles. The zero-order valence-electron chi connectivity index (χ0n) is 16.1. The average Bonchev–Trinajstić information content (AvgIpc) is 2.58. The molecule has 0 aliphatic heterocycles. The number of pyridine rings is 1. The second-order valence-corrected chi connectivity index (χ2v) is 8.08. The first-order valence-electron chi connectivity index (χ1n) is 9.55. The second kappa shape index (κ2) is 7.51. The van der Waals surface area contributed by atoms with Crippen molar-refractivity contribution >= 4 is 5.97 Å². The van der Waals surface area contributed by atoms with Crippen LogP contribution in [0, 0.1) is 30.1 Å². The van der Waals surface area contributed by atoms with Crippen molar-refractivity contribution in [2.24, 2.45) is 23.7 Å². The van der Waals surface area contributed by atoms with E-state index >= 15 is 0 Å². The SMILES string of the molecule is CC(=O)O[C@@H]1[C][C@@]2(O)[C@H](C)CC[C@@H]([C@@H](C)Cc3cccnc3)[C@H]2C=C1C. The third kappa shape index (κ3) is 3.71. The fourth-order valence-electron chi connectivity index (χ4n) is 4.65. The zero-order chi connectivity index (χ0) is 18.9. The Kier molecular flexibility index (Phi) is 5.52. The summed E-state index contributed by atoms with van der Waals surface area (Å²) in [6, 6.07) is 4.08. The summed E-state index contributed by atoms with van der Waals surface area (Å²) >= 11 is 0. The van der Waals surface area contributed by atoms with Gasteiger partial charge in [-0.15, -0.1) is 0 Å². The largest absolute Gasteiger partial charge is 0.457 e. The van der Waals surface area contributed by atoms with Crippen LogP contribution >= 0.6 is 0 Å². The summed E-state index contributed by atoms with van der Waals surface area (Å²) in [5.41, 5.74) is 1.14. The summed E-state index contributed by atoms with van der Waals surface area (Å²) in [6.07, 6.45) is 11.5. The van der Waals surface area contributed by atoms with E-state index in [2.05, 4.69) is 37.4 Å². The smallest absolute Gasteiger partial charge is 0.303 e. The monoisotopic (exact) mass is 355 g/mol. The Hall–Kier alpha value is -1.68. The molecule has 1 saturated carbocycles. The highest BCUT2D eigenvalue weighted by Crippen LogP contribution is 2.51. The molecule has 2 aliphatic rings. The third-order valence-corrected chi connectivity index (χ3v) is 6.17. The lowest BCUT2D eigenvalue weighted by Crippen LogP contribution is -2.56. The van der Waals surface area contributed by atoms with Gasteiger partial charge in [0.2, 0.25) is 0 Å². The van der Waals surface area contributed by atoms with Crippen LogP contribution in [-0.4, -0.2) is 27.8 Å². The van der Waals surface area contributed by atoms with E-state index in [1.165, 1.54) is 12.5 Å². The van der Waals surface area contributed by atoms with Crippen molar-refractivity contribution in [2.45, 2.75) is 58.7 Å². The van der Waals surface area contributed by atoms with Crippen LogP contribution in [0.2, 0.25) is 0 Å². The average molecular weight is 355 g/mol. The first-order valence-corrected chi connectivity index (χ1v) is 9.55. The Morgan fingerprint density at radius 1 is 1.50 bits per heavy atom. The molecule has 1 heterocycles. The van der Waals surface area contributed by atoms with Gasteiger partial charge in [-0.2, -0.15) is 0 Å². The lowest BCUT2D eigenvalue weighted by atomic mass is 9.56. The molecule has 26 heavy (non-hydrogen) atoms. The highest BCUT2D eigenvalue weighted by atomic mass is 16.5. The minimum atomic E-state index is -1.05. The normalized spacial score (nSPS) is 35.2. The van der Waals surface area contributed by atoms with Gasteiger partial charge in [0.1, 0.15) is 6.10 Å². The van der Waals surface area contributed by atoms with Gasteiger partial charge < -0.3 is 9.84 Å². The molecule has 2 radical (unpaired) electrons. The molecule has 0 spiro atoms. The number of aliphatic hydroxyl groups is 1. The number of ether oxygens (including phenoxy) is 1. The predicted molar refractivity (Wildman–Crippen MR) is 100.0 cm³/mol. The van der Waals surface area contributed by atoms with Gasteiger partial charge in [-0.05, 0) is 61.1 Å². The number of aromatic nitrogens is 1. The highest BCUT2D eigenvalue weighted by Gasteiger charge is 2.53. The van der Waals surface area contributed by atoms with Gasteiger partial charge in [0.15, 0.2) is 0 Å². The van der Waals surface area contributed by atoms with Crippen LogP contribution in [0.25, 0.3) is 0 Å². The number of carbonyl (C=O) groups is 1. The molecule has 6 atom stereocenters. The molecule has 4 heteroatoms. The number of carbonyl (C=O) groups excluding carboxylic acids is 1. The standard InChI is InChI=1S/C22H29NO3/c1-14(10-18-6-5-9-23-13-18)19-8-7-16(3)22(25)12-21(26-17(4)24)15(2)11-20(19)22/h5-6,9,11,13-14,16,19-21,25H,7-8,10H2,1-4H3/t14-,16+,19-,20+,21+,22+/m0/s1. The summed E-state index contributed by atoms with van der Waals surface area (Å²) in [6.45, 7) is 7.69. The first kappa shape index (κ1) is 19.1. The van der Waals surface area contributed by atoms with Crippen LogP contribution < -0.4 is 0 Å². The van der Waals surface area contributed by atoms with Crippen LogP contribution in [-0.2, 0) is 16.0 Å². The molecule has 2 aliphatic carbocycles. The molecule has 0 unspecified atom stereocenters. The fourth-order valence-corrected chi connectivity index (χ4v) is 4.65. The Bertz CT molecular complexity index is 671. The van der Waals surface area contributed by atoms with Gasteiger partial charge in [0.05, 0.1) is 12.0 Å². The molecular formula is C22H29NO3. The summed E-state index contributed by atoms with van der Waals surface area (Å²) in [5, 5.41) is 11.5. The fraction of sp³-hybridized carbons (Fsp3) is 0.591. The molecule has 3 rings (SSSR count). The van der Waals surface area contributed by atoms with Gasteiger partial charge in [-0.25, -0.2) is 0 Å². The second-order valence-electron chi connectivity index (χ2n) is 8.08. The molecule has 0 bridgehead atoms. The Labute approximate surface area is 156 Å². The van der Waals surface area contributed by atoms with Crippen molar-refractivity contribution in [3.8, 4) is 0 Å². The van der Waals surface area contributed by atoms with E-state index in [1.54, 1.807) is 6.20 Å². The lowest BCUT2D eigenvalue weighted by molar-refractivity contribution is -0.148. The Balaban J connectivity index is 1.84. The van der Waals surface area contributed by atoms with E-state index in [9.17, 15) is 9.90 Å². The van der Waals surface area contributed by atoms with E-state index in [0.29, 0.717) is 11.8 Å². The number of hydrogen-bond acceptors (Lipinski definition) is 4. The van der Waals surface area contributed by atoms with Gasteiger partial charge in [-0.3, -0.25) is 9.78 Å². The van der Waals surface area contributed by atoms with E-state index in [-0.39, 0.29) is 17.8 Å². The molecule has 1 N–H and O–H groups in total. The minimum absolute atomic E-state index is 0.00438. The van der Waals surface area contributed by atoms with Crippen LogP contribution in [0.1, 0.15) is 46.1 Å². The Morgan fingerprint density at radius 3 is 2.92 bits per heavy atom. The molecule has 0 amide bonds. The van der Waals surface area contributed by atoms with Crippen LogP contribution in [0.3, 0.4) is 0 Å². The summed E-state index contributed by atoms with van der Waals surface area (Å²) in [7, 11) is 0. The number of hydrogen-bond donors (Lipinski definition) is 1. The number of rotatable bonds is 4. The van der Waals surface area contributed by atoms with E-state index in [1.807, 2.05) is 19.2 Å². The molecule has 1 aromatic heterocycles. The summed E-state index contributed by atoms with van der Waals surface area (Å²) in [4.78, 5) is 15.6. The summed E-state index contributed by atoms with van der Waals surface area (Å²) < 4.78 is 5.37. The van der Waals surface area contributed by atoms with Crippen molar-refractivity contribution < 1.29 is 14.6 Å². The molecule has 0 saturated heterocycles. The molecule has 1 fully saturated rings. The number of fused-ring (bicyclic) bond motifs is 1. The van der Waals surface area contributed by atoms with Crippen molar-refractivity contribution in [3.63, 3.8) is 0 Å². The maximum Gasteiger partial charge on any atom is 0.303 e.